The van der Waals surface area contributed by atoms with Crippen molar-refractivity contribution < 1.29 is 0 Å². The van der Waals surface area contributed by atoms with Crippen molar-refractivity contribution in [2.24, 2.45) is 11.1 Å². The molecule has 1 aromatic carbocycles. The highest BCUT2D eigenvalue weighted by molar-refractivity contribution is 5.94. The molecule has 0 saturated heterocycles. The van der Waals surface area contributed by atoms with E-state index in [-0.39, 0.29) is 11.3 Å². The second-order valence-corrected chi connectivity index (χ2v) is 6.66. The van der Waals surface area contributed by atoms with Crippen molar-refractivity contribution in [3.63, 3.8) is 0 Å². The van der Waals surface area contributed by atoms with Crippen LogP contribution >= 0.6 is 0 Å². The van der Waals surface area contributed by atoms with Crippen LogP contribution in [0.1, 0.15) is 75.3 Å². The van der Waals surface area contributed by atoms with Gasteiger partial charge in [0.05, 0.1) is 11.5 Å². The van der Waals surface area contributed by atoms with Gasteiger partial charge in [-0.25, -0.2) is 0 Å². The molecule has 1 fully saturated rings. The molecule has 1 aromatic rings. The number of amidine groups is 1. The number of benzene rings is 1. The molecule has 0 heterocycles. The lowest BCUT2D eigenvalue weighted by Crippen LogP contribution is -2.25. The predicted molar refractivity (Wildman–Crippen MR) is 90.9 cm³/mol. The first-order chi connectivity index (χ1) is 10.6. The van der Waals surface area contributed by atoms with E-state index in [0.717, 1.165) is 37.7 Å². The molecule has 3 heteroatoms. The van der Waals surface area contributed by atoms with Gasteiger partial charge in [-0.3, -0.25) is 5.41 Å². The van der Waals surface area contributed by atoms with Crippen molar-refractivity contribution in [1.29, 1.82) is 10.7 Å². The number of nitrogens with two attached hydrogens (primary N) is 1. The van der Waals surface area contributed by atoms with Gasteiger partial charge in [-0.1, -0.05) is 50.5 Å². The van der Waals surface area contributed by atoms with Gasteiger partial charge in [0.25, 0.3) is 0 Å². The van der Waals surface area contributed by atoms with Gasteiger partial charge in [-0.05, 0) is 43.6 Å². The van der Waals surface area contributed by atoms with Crippen molar-refractivity contribution in [1.82, 2.24) is 0 Å². The van der Waals surface area contributed by atoms with Gasteiger partial charge < -0.3 is 5.73 Å². The Kier molecular flexibility index (Phi) is 5.60. The van der Waals surface area contributed by atoms with Crippen LogP contribution in [-0.4, -0.2) is 5.84 Å². The summed E-state index contributed by atoms with van der Waals surface area (Å²) < 4.78 is 0. The molecule has 0 radical (unpaired) electrons. The molecule has 1 aliphatic carbocycles. The molecular weight excluding hydrogens is 270 g/mol. The lowest BCUT2D eigenvalue weighted by Gasteiger charge is -2.35. The summed E-state index contributed by atoms with van der Waals surface area (Å²) in [4.78, 5) is 0. The van der Waals surface area contributed by atoms with Gasteiger partial charge >= 0.3 is 0 Å². The van der Waals surface area contributed by atoms with E-state index >= 15 is 0 Å². The average molecular weight is 297 g/mol. The topological polar surface area (TPSA) is 73.7 Å². The predicted octanol–water partition coefficient (Wildman–Crippen LogP) is 4.72. The van der Waals surface area contributed by atoms with Crippen molar-refractivity contribution in [2.45, 2.75) is 64.2 Å². The van der Waals surface area contributed by atoms with E-state index in [0.29, 0.717) is 5.92 Å². The standard InChI is InChI=1S/C19H27N3/c1-2-3-4-11-19(14-20)12-9-16(10-13-19)15-5-7-17(8-6-15)18(21)22/h5-8,16H,2-4,9-13H2,1H3,(H3,21,22). The fraction of sp³-hybridized carbons (Fsp3) is 0.579. The maximum absolute atomic E-state index is 9.61. The summed E-state index contributed by atoms with van der Waals surface area (Å²) in [5, 5.41) is 17.1. The summed E-state index contributed by atoms with van der Waals surface area (Å²) in [6.07, 6.45) is 8.93. The second kappa shape index (κ2) is 7.45. The molecule has 0 unspecified atom stereocenters. The Morgan fingerprint density at radius 3 is 2.41 bits per heavy atom. The summed E-state index contributed by atoms with van der Waals surface area (Å²) in [6, 6.07) is 10.7. The molecule has 0 bridgehead atoms. The van der Waals surface area contributed by atoms with Crippen LogP contribution in [0.2, 0.25) is 0 Å². The van der Waals surface area contributed by atoms with E-state index in [1.165, 1.54) is 24.8 Å². The van der Waals surface area contributed by atoms with E-state index in [2.05, 4.69) is 25.1 Å². The highest BCUT2D eigenvalue weighted by atomic mass is 14.7. The number of nitriles is 1. The van der Waals surface area contributed by atoms with E-state index < -0.39 is 0 Å². The van der Waals surface area contributed by atoms with Gasteiger partial charge in [-0.2, -0.15) is 5.26 Å². The molecule has 3 nitrogen and oxygen atoms in total. The van der Waals surface area contributed by atoms with E-state index in [9.17, 15) is 5.26 Å². The number of rotatable bonds is 6. The van der Waals surface area contributed by atoms with Crippen LogP contribution in [0.15, 0.2) is 24.3 Å². The molecule has 118 valence electrons. The zero-order valence-electron chi connectivity index (χ0n) is 13.6. The summed E-state index contributed by atoms with van der Waals surface area (Å²) in [6.45, 7) is 2.21. The third-order valence-corrected chi connectivity index (χ3v) is 5.13. The van der Waals surface area contributed by atoms with Crippen LogP contribution in [0.5, 0.6) is 0 Å². The van der Waals surface area contributed by atoms with Crippen LogP contribution < -0.4 is 5.73 Å². The van der Waals surface area contributed by atoms with Gasteiger partial charge in [0.15, 0.2) is 0 Å². The SMILES string of the molecule is CCCCCC1(C#N)CCC(c2ccc(C(=N)N)cc2)CC1. The molecule has 1 saturated carbocycles. The van der Waals surface area contributed by atoms with Gasteiger partial charge in [0, 0.05) is 5.56 Å². The van der Waals surface area contributed by atoms with Crippen LogP contribution in [-0.2, 0) is 0 Å². The van der Waals surface area contributed by atoms with E-state index in [1.807, 2.05) is 12.1 Å². The van der Waals surface area contributed by atoms with Crippen LogP contribution in [0.25, 0.3) is 0 Å². The average Bonchev–Trinajstić information content (AvgIpc) is 2.56. The smallest absolute Gasteiger partial charge is 0.122 e. The Morgan fingerprint density at radius 1 is 1.27 bits per heavy atom. The highest BCUT2D eigenvalue weighted by Crippen LogP contribution is 2.45. The zero-order valence-corrected chi connectivity index (χ0v) is 13.6. The minimum absolute atomic E-state index is 0.0784. The zero-order chi connectivity index (χ0) is 16.0. The Labute approximate surface area is 134 Å². The van der Waals surface area contributed by atoms with Crippen LogP contribution in [0.4, 0.5) is 0 Å². The first-order valence-electron chi connectivity index (χ1n) is 8.46. The van der Waals surface area contributed by atoms with Crippen molar-refractivity contribution in [3.8, 4) is 6.07 Å². The molecule has 0 aromatic heterocycles. The lowest BCUT2D eigenvalue weighted by molar-refractivity contribution is 0.223. The second-order valence-electron chi connectivity index (χ2n) is 6.66. The largest absolute Gasteiger partial charge is 0.384 e. The maximum atomic E-state index is 9.61. The maximum Gasteiger partial charge on any atom is 0.122 e. The number of nitrogens with one attached hydrogen (secondary N) is 1. The first kappa shape index (κ1) is 16.5. The molecule has 2 rings (SSSR count). The number of hydrogen-bond acceptors (Lipinski definition) is 2. The molecule has 0 amide bonds. The van der Waals surface area contributed by atoms with Crippen LogP contribution in [0, 0.1) is 22.2 Å². The minimum Gasteiger partial charge on any atom is -0.384 e. The number of unbranched alkanes of at least 4 members (excludes halogenated alkanes) is 2. The van der Waals surface area contributed by atoms with Gasteiger partial charge in [0.1, 0.15) is 5.84 Å². The van der Waals surface area contributed by atoms with E-state index in [4.69, 9.17) is 11.1 Å². The molecular formula is C19H27N3. The monoisotopic (exact) mass is 297 g/mol. The van der Waals surface area contributed by atoms with Crippen LogP contribution in [0.3, 0.4) is 0 Å². The quantitative estimate of drug-likeness (QED) is 0.453. The fourth-order valence-electron chi connectivity index (χ4n) is 3.57. The van der Waals surface area contributed by atoms with Gasteiger partial charge in [-0.15, -0.1) is 0 Å². The third kappa shape index (κ3) is 3.88. The van der Waals surface area contributed by atoms with Gasteiger partial charge in [0.2, 0.25) is 0 Å². The molecule has 0 aliphatic heterocycles. The summed E-state index contributed by atoms with van der Waals surface area (Å²) in [5.74, 6) is 0.670. The molecule has 0 atom stereocenters. The number of nitrogens with zero attached hydrogens (tertiary/aromatic N) is 1. The summed E-state index contributed by atoms with van der Waals surface area (Å²) >= 11 is 0. The Balaban J connectivity index is 1.96. The highest BCUT2D eigenvalue weighted by Gasteiger charge is 2.35. The number of nitrogen functional groups attached to an aromatic ring is 1. The van der Waals surface area contributed by atoms with E-state index in [1.54, 1.807) is 0 Å². The van der Waals surface area contributed by atoms with Crippen molar-refractivity contribution >= 4 is 5.84 Å². The third-order valence-electron chi connectivity index (χ3n) is 5.13. The Morgan fingerprint density at radius 2 is 1.91 bits per heavy atom. The lowest BCUT2D eigenvalue weighted by atomic mass is 9.67. The molecule has 3 N–H and O–H groups in total. The Bertz CT molecular complexity index is 531. The summed E-state index contributed by atoms with van der Waals surface area (Å²) in [7, 11) is 0. The fourth-order valence-corrected chi connectivity index (χ4v) is 3.57. The first-order valence-corrected chi connectivity index (χ1v) is 8.46. The number of hydrogen-bond donors (Lipinski definition) is 2. The Hall–Kier alpha value is -1.82. The summed E-state index contributed by atoms with van der Waals surface area (Å²) in [5.41, 5.74) is 7.53. The molecule has 22 heavy (non-hydrogen) atoms. The minimum atomic E-state index is -0.0784. The normalized spacial score (nSPS) is 24.6. The van der Waals surface area contributed by atoms with Crippen molar-refractivity contribution in [2.75, 3.05) is 0 Å². The van der Waals surface area contributed by atoms with Crippen molar-refractivity contribution in [3.05, 3.63) is 35.4 Å². The molecule has 1 aliphatic rings. The molecule has 0 spiro atoms.